The first-order valence-corrected chi connectivity index (χ1v) is 4.74. The van der Waals surface area contributed by atoms with Crippen molar-refractivity contribution in [3.63, 3.8) is 0 Å². The summed E-state index contributed by atoms with van der Waals surface area (Å²) in [5.74, 6) is -1.43. The molecule has 0 aliphatic rings. The van der Waals surface area contributed by atoms with Gasteiger partial charge in [-0.3, -0.25) is 14.5 Å². The smallest absolute Gasteiger partial charge is 0.325 e. The topological polar surface area (TPSA) is 89.9 Å². The third-order valence-corrected chi connectivity index (χ3v) is 2.22. The molecule has 0 bridgehead atoms. The van der Waals surface area contributed by atoms with E-state index in [-0.39, 0.29) is 12.5 Å². The number of likely N-dealkylation sites (N-methyl/N-ethyl adjacent to an activating group) is 1. The standard InChI is InChI=1S/C9H18N2O4/c1-6(9(14)15)10-8(13)7(2)11(3)4-5-12/h6-7,12H,4-5H2,1-3H3,(H,10,13)(H,14,15). The molecule has 2 atom stereocenters. The first-order chi connectivity index (χ1) is 6.90. The van der Waals surface area contributed by atoms with Gasteiger partial charge in [-0.2, -0.15) is 0 Å². The van der Waals surface area contributed by atoms with Crippen molar-refractivity contribution >= 4 is 11.9 Å². The van der Waals surface area contributed by atoms with E-state index in [0.29, 0.717) is 6.54 Å². The SMILES string of the molecule is CC(NC(=O)C(C)N(C)CCO)C(=O)O. The molecule has 0 aromatic rings. The molecule has 0 heterocycles. The lowest BCUT2D eigenvalue weighted by Gasteiger charge is -2.23. The monoisotopic (exact) mass is 218 g/mol. The van der Waals surface area contributed by atoms with Crippen LogP contribution in [0, 0.1) is 0 Å². The number of hydrogen-bond acceptors (Lipinski definition) is 4. The molecule has 0 aliphatic carbocycles. The van der Waals surface area contributed by atoms with Gasteiger partial charge in [-0.05, 0) is 20.9 Å². The Kier molecular flexibility index (Phi) is 5.88. The summed E-state index contributed by atoms with van der Waals surface area (Å²) in [6.07, 6.45) is 0. The molecule has 0 fully saturated rings. The predicted molar refractivity (Wildman–Crippen MR) is 54.4 cm³/mol. The Hall–Kier alpha value is -1.14. The summed E-state index contributed by atoms with van der Waals surface area (Å²) in [5, 5.41) is 19.6. The summed E-state index contributed by atoms with van der Waals surface area (Å²) >= 11 is 0. The van der Waals surface area contributed by atoms with E-state index >= 15 is 0 Å². The quantitative estimate of drug-likeness (QED) is 0.526. The number of carboxylic acid groups (broad SMARTS) is 1. The van der Waals surface area contributed by atoms with Crippen molar-refractivity contribution in [2.45, 2.75) is 25.9 Å². The number of hydrogen-bond donors (Lipinski definition) is 3. The molecule has 1 amide bonds. The van der Waals surface area contributed by atoms with E-state index in [4.69, 9.17) is 10.2 Å². The maximum Gasteiger partial charge on any atom is 0.325 e. The number of aliphatic hydroxyl groups is 1. The fourth-order valence-corrected chi connectivity index (χ4v) is 0.947. The van der Waals surface area contributed by atoms with Crippen LogP contribution in [0.3, 0.4) is 0 Å². The summed E-state index contributed by atoms with van der Waals surface area (Å²) < 4.78 is 0. The van der Waals surface area contributed by atoms with Gasteiger partial charge in [0, 0.05) is 6.54 Å². The zero-order valence-corrected chi connectivity index (χ0v) is 9.23. The fraction of sp³-hybridized carbons (Fsp3) is 0.778. The van der Waals surface area contributed by atoms with Gasteiger partial charge in [0.25, 0.3) is 0 Å². The normalized spacial score (nSPS) is 14.7. The van der Waals surface area contributed by atoms with Crippen molar-refractivity contribution < 1.29 is 19.8 Å². The van der Waals surface area contributed by atoms with E-state index in [1.165, 1.54) is 6.92 Å². The molecule has 0 aliphatic heterocycles. The minimum absolute atomic E-state index is 0.0391. The van der Waals surface area contributed by atoms with E-state index in [2.05, 4.69) is 5.32 Å². The van der Waals surface area contributed by atoms with E-state index < -0.39 is 18.1 Å². The van der Waals surface area contributed by atoms with Crippen LogP contribution in [0.5, 0.6) is 0 Å². The third-order valence-electron chi connectivity index (χ3n) is 2.22. The summed E-state index contributed by atoms with van der Waals surface area (Å²) in [5.41, 5.74) is 0. The van der Waals surface area contributed by atoms with Crippen molar-refractivity contribution in [2.24, 2.45) is 0 Å². The van der Waals surface area contributed by atoms with Gasteiger partial charge in [0.05, 0.1) is 12.6 Å². The average molecular weight is 218 g/mol. The number of aliphatic carboxylic acids is 1. The minimum Gasteiger partial charge on any atom is -0.480 e. The molecule has 6 nitrogen and oxygen atoms in total. The predicted octanol–water partition coefficient (Wildman–Crippen LogP) is -1.11. The maximum absolute atomic E-state index is 11.5. The van der Waals surface area contributed by atoms with Crippen LogP contribution in [0.15, 0.2) is 0 Å². The van der Waals surface area contributed by atoms with Crippen LogP contribution >= 0.6 is 0 Å². The van der Waals surface area contributed by atoms with Crippen LogP contribution < -0.4 is 5.32 Å². The lowest BCUT2D eigenvalue weighted by atomic mass is 10.2. The van der Waals surface area contributed by atoms with E-state index in [1.54, 1.807) is 18.9 Å². The second-order valence-corrected chi connectivity index (χ2v) is 3.45. The lowest BCUT2D eigenvalue weighted by Crippen LogP contribution is -2.48. The number of carbonyl (C=O) groups is 2. The maximum atomic E-state index is 11.5. The van der Waals surface area contributed by atoms with Gasteiger partial charge in [0.2, 0.25) is 5.91 Å². The average Bonchev–Trinajstić information content (AvgIpc) is 2.16. The van der Waals surface area contributed by atoms with E-state index in [0.717, 1.165) is 0 Å². The molecule has 3 N–H and O–H groups in total. The van der Waals surface area contributed by atoms with Crippen LogP contribution in [-0.4, -0.2) is 59.3 Å². The number of carbonyl (C=O) groups excluding carboxylic acids is 1. The number of nitrogens with zero attached hydrogens (tertiary/aromatic N) is 1. The molecule has 0 aromatic carbocycles. The van der Waals surface area contributed by atoms with Crippen molar-refractivity contribution in [3.8, 4) is 0 Å². The molecule has 0 radical (unpaired) electrons. The highest BCUT2D eigenvalue weighted by molar-refractivity contribution is 5.86. The molecule has 0 saturated carbocycles. The van der Waals surface area contributed by atoms with Gasteiger partial charge >= 0.3 is 5.97 Å². The van der Waals surface area contributed by atoms with Crippen LogP contribution in [-0.2, 0) is 9.59 Å². The molecule has 88 valence electrons. The molecule has 15 heavy (non-hydrogen) atoms. The van der Waals surface area contributed by atoms with Crippen LogP contribution in [0.4, 0.5) is 0 Å². The highest BCUT2D eigenvalue weighted by atomic mass is 16.4. The highest BCUT2D eigenvalue weighted by Gasteiger charge is 2.21. The van der Waals surface area contributed by atoms with Crippen molar-refractivity contribution in [3.05, 3.63) is 0 Å². The summed E-state index contributed by atoms with van der Waals surface area (Å²) in [4.78, 5) is 23.6. The van der Waals surface area contributed by atoms with Crippen molar-refractivity contribution in [1.29, 1.82) is 0 Å². The minimum atomic E-state index is -1.07. The zero-order chi connectivity index (χ0) is 12.0. The molecular formula is C9H18N2O4. The Balaban J connectivity index is 4.14. The van der Waals surface area contributed by atoms with E-state index in [1.807, 2.05) is 0 Å². The highest BCUT2D eigenvalue weighted by Crippen LogP contribution is 1.95. The largest absolute Gasteiger partial charge is 0.480 e. The van der Waals surface area contributed by atoms with E-state index in [9.17, 15) is 9.59 Å². The number of carboxylic acids is 1. The zero-order valence-electron chi connectivity index (χ0n) is 9.23. The summed E-state index contributed by atoms with van der Waals surface area (Å²) in [6, 6.07) is -1.36. The summed E-state index contributed by atoms with van der Waals surface area (Å²) in [7, 11) is 1.69. The molecule has 0 aromatic heterocycles. The molecule has 0 rings (SSSR count). The number of aliphatic hydroxyl groups excluding tert-OH is 1. The molecule has 6 heteroatoms. The first kappa shape index (κ1) is 13.9. The van der Waals surface area contributed by atoms with Crippen LogP contribution in [0.2, 0.25) is 0 Å². The Morgan fingerprint density at radius 1 is 1.40 bits per heavy atom. The number of amides is 1. The molecule has 2 unspecified atom stereocenters. The Labute approximate surface area is 88.9 Å². The van der Waals surface area contributed by atoms with Crippen molar-refractivity contribution in [2.75, 3.05) is 20.2 Å². The second-order valence-electron chi connectivity index (χ2n) is 3.45. The second kappa shape index (κ2) is 6.36. The van der Waals surface area contributed by atoms with Gasteiger partial charge in [0.15, 0.2) is 0 Å². The lowest BCUT2D eigenvalue weighted by molar-refractivity contribution is -0.142. The Morgan fingerprint density at radius 2 is 1.93 bits per heavy atom. The Bertz CT molecular complexity index is 232. The van der Waals surface area contributed by atoms with Gasteiger partial charge in [-0.15, -0.1) is 0 Å². The third kappa shape index (κ3) is 4.75. The molecule has 0 saturated heterocycles. The van der Waals surface area contributed by atoms with Crippen LogP contribution in [0.25, 0.3) is 0 Å². The summed E-state index contributed by atoms with van der Waals surface area (Å²) in [6.45, 7) is 3.39. The van der Waals surface area contributed by atoms with Gasteiger partial charge in [0.1, 0.15) is 6.04 Å². The fourth-order valence-electron chi connectivity index (χ4n) is 0.947. The molecular weight excluding hydrogens is 200 g/mol. The Morgan fingerprint density at radius 3 is 2.33 bits per heavy atom. The van der Waals surface area contributed by atoms with Crippen LogP contribution in [0.1, 0.15) is 13.8 Å². The number of nitrogens with one attached hydrogen (secondary N) is 1. The van der Waals surface area contributed by atoms with Gasteiger partial charge < -0.3 is 15.5 Å². The van der Waals surface area contributed by atoms with Gasteiger partial charge in [-0.1, -0.05) is 0 Å². The van der Waals surface area contributed by atoms with Gasteiger partial charge in [-0.25, -0.2) is 0 Å². The first-order valence-electron chi connectivity index (χ1n) is 4.74. The molecule has 0 spiro atoms. The number of rotatable bonds is 6. The van der Waals surface area contributed by atoms with Crippen molar-refractivity contribution in [1.82, 2.24) is 10.2 Å².